The summed E-state index contributed by atoms with van der Waals surface area (Å²) in [5.74, 6) is 0. The van der Waals surface area contributed by atoms with Crippen LogP contribution in [0.15, 0.2) is 53.9 Å². The number of hydrogen-bond acceptors (Lipinski definition) is 1. The molecule has 1 aromatic heterocycles. The third-order valence-corrected chi connectivity index (χ3v) is 4.51. The maximum absolute atomic E-state index is 2.26. The lowest BCUT2D eigenvalue weighted by atomic mass is 9.86. The first-order valence-electron chi connectivity index (χ1n) is 6.63. The first kappa shape index (κ1) is 12.4. The van der Waals surface area contributed by atoms with Gasteiger partial charge >= 0.3 is 0 Å². The van der Waals surface area contributed by atoms with Crippen LogP contribution < -0.4 is 0 Å². The molecule has 0 bridgehead atoms. The zero-order chi connectivity index (χ0) is 13.5. The minimum atomic E-state index is 0.218. The number of benzene rings is 2. The Balaban J connectivity index is 2.07. The van der Waals surface area contributed by atoms with Crippen LogP contribution in [-0.4, -0.2) is 0 Å². The number of rotatable bonds is 1. The second kappa shape index (κ2) is 4.50. The van der Waals surface area contributed by atoms with Crippen LogP contribution in [0, 0.1) is 0 Å². The predicted octanol–water partition coefficient (Wildman–Crippen LogP) is 5.87. The highest BCUT2D eigenvalue weighted by atomic mass is 32.1. The first-order chi connectivity index (χ1) is 9.05. The van der Waals surface area contributed by atoms with Crippen molar-refractivity contribution >= 4 is 21.4 Å². The lowest BCUT2D eigenvalue weighted by Gasteiger charge is -2.19. The minimum Gasteiger partial charge on any atom is -0.143 e. The molecule has 0 atom stereocenters. The molecular weight excluding hydrogens is 248 g/mol. The lowest BCUT2D eigenvalue weighted by molar-refractivity contribution is 0.590. The van der Waals surface area contributed by atoms with Crippen molar-refractivity contribution in [1.29, 1.82) is 0 Å². The summed E-state index contributed by atoms with van der Waals surface area (Å²) in [6.07, 6.45) is 0. The Kier molecular flexibility index (Phi) is 2.94. The Hall–Kier alpha value is -1.60. The largest absolute Gasteiger partial charge is 0.143 e. The molecule has 0 nitrogen and oxygen atoms in total. The molecule has 1 heterocycles. The molecule has 0 saturated carbocycles. The zero-order valence-corrected chi connectivity index (χ0v) is 12.4. The normalized spacial score (nSPS) is 11.9. The molecule has 96 valence electrons. The van der Waals surface area contributed by atoms with E-state index in [1.807, 2.05) is 11.3 Å². The molecule has 0 N–H and O–H groups in total. The summed E-state index contributed by atoms with van der Waals surface area (Å²) in [4.78, 5) is 0. The molecule has 0 radical (unpaired) electrons. The van der Waals surface area contributed by atoms with Gasteiger partial charge in [0.25, 0.3) is 0 Å². The van der Waals surface area contributed by atoms with Crippen molar-refractivity contribution in [1.82, 2.24) is 0 Å². The fourth-order valence-corrected chi connectivity index (χ4v) is 3.32. The smallest absolute Gasteiger partial charge is 0.0349 e. The summed E-state index contributed by atoms with van der Waals surface area (Å²) in [6.45, 7) is 6.76. The van der Waals surface area contributed by atoms with Crippen LogP contribution in [0.4, 0.5) is 0 Å². The van der Waals surface area contributed by atoms with E-state index >= 15 is 0 Å². The lowest BCUT2D eigenvalue weighted by Crippen LogP contribution is -2.10. The van der Waals surface area contributed by atoms with Crippen molar-refractivity contribution in [2.75, 3.05) is 0 Å². The van der Waals surface area contributed by atoms with Gasteiger partial charge in [-0.2, -0.15) is 0 Å². The Morgan fingerprint density at radius 1 is 0.842 bits per heavy atom. The van der Waals surface area contributed by atoms with E-state index in [0.29, 0.717) is 0 Å². The van der Waals surface area contributed by atoms with Crippen LogP contribution in [0.2, 0.25) is 0 Å². The van der Waals surface area contributed by atoms with Crippen molar-refractivity contribution in [2.24, 2.45) is 0 Å². The molecule has 0 aliphatic heterocycles. The maximum Gasteiger partial charge on any atom is 0.0349 e. The topological polar surface area (TPSA) is 0 Å². The summed E-state index contributed by atoms with van der Waals surface area (Å²) in [5, 5.41) is 3.62. The predicted molar refractivity (Wildman–Crippen MR) is 86.0 cm³/mol. The van der Waals surface area contributed by atoms with Crippen LogP contribution in [0.25, 0.3) is 21.2 Å². The van der Waals surface area contributed by atoms with E-state index in [9.17, 15) is 0 Å². The van der Waals surface area contributed by atoms with Gasteiger partial charge in [-0.1, -0.05) is 63.2 Å². The van der Waals surface area contributed by atoms with Gasteiger partial charge in [0, 0.05) is 15.6 Å². The third-order valence-electron chi connectivity index (χ3n) is 3.54. The highest BCUT2D eigenvalue weighted by molar-refractivity contribution is 7.17. The van der Waals surface area contributed by atoms with Gasteiger partial charge in [-0.05, 0) is 28.0 Å². The van der Waals surface area contributed by atoms with Gasteiger partial charge < -0.3 is 0 Å². The van der Waals surface area contributed by atoms with Gasteiger partial charge in [0.2, 0.25) is 0 Å². The minimum absolute atomic E-state index is 0.218. The Labute approximate surface area is 118 Å². The quantitative estimate of drug-likeness (QED) is 0.517. The van der Waals surface area contributed by atoms with Crippen LogP contribution in [0.5, 0.6) is 0 Å². The van der Waals surface area contributed by atoms with Crippen LogP contribution in [0.3, 0.4) is 0 Å². The van der Waals surface area contributed by atoms with Gasteiger partial charge in [-0.25, -0.2) is 0 Å². The van der Waals surface area contributed by atoms with Gasteiger partial charge in [-0.15, -0.1) is 11.3 Å². The van der Waals surface area contributed by atoms with E-state index in [2.05, 4.69) is 74.7 Å². The van der Waals surface area contributed by atoms with E-state index in [1.165, 1.54) is 26.8 Å². The highest BCUT2D eigenvalue weighted by Gasteiger charge is 2.13. The summed E-state index contributed by atoms with van der Waals surface area (Å²) >= 11 is 1.82. The Bertz CT molecular complexity index is 696. The summed E-state index contributed by atoms with van der Waals surface area (Å²) < 4.78 is 1.36. The summed E-state index contributed by atoms with van der Waals surface area (Å²) in [7, 11) is 0. The number of hydrogen-bond donors (Lipinski definition) is 0. The van der Waals surface area contributed by atoms with Crippen LogP contribution in [0.1, 0.15) is 26.3 Å². The van der Waals surface area contributed by atoms with Crippen molar-refractivity contribution in [2.45, 2.75) is 26.2 Å². The van der Waals surface area contributed by atoms with Gasteiger partial charge in [0.1, 0.15) is 0 Å². The second-order valence-corrected chi connectivity index (χ2v) is 6.88. The molecule has 0 aliphatic carbocycles. The average Bonchev–Trinajstić information content (AvgIpc) is 2.82. The van der Waals surface area contributed by atoms with E-state index in [0.717, 1.165) is 0 Å². The Morgan fingerprint density at radius 3 is 2.21 bits per heavy atom. The van der Waals surface area contributed by atoms with Crippen molar-refractivity contribution in [3.63, 3.8) is 0 Å². The van der Waals surface area contributed by atoms with E-state index in [-0.39, 0.29) is 5.41 Å². The zero-order valence-electron chi connectivity index (χ0n) is 11.6. The molecule has 0 spiro atoms. The molecule has 2 aromatic carbocycles. The number of thiophene rings is 1. The molecular formula is C18H18S. The van der Waals surface area contributed by atoms with E-state index < -0.39 is 0 Å². The molecule has 0 aliphatic rings. The summed E-state index contributed by atoms with van der Waals surface area (Å²) in [5.41, 5.74) is 4.26. The molecule has 0 unspecified atom stereocenters. The monoisotopic (exact) mass is 266 g/mol. The van der Waals surface area contributed by atoms with E-state index in [4.69, 9.17) is 0 Å². The molecule has 3 rings (SSSR count). The van der Waals surface area contributed by atoms with E-state index in [1.54, 1.807) is 0 Å². The molecule has 0 fully saturated rings. The molecule has 0 saturated heterocycles. The van der Waals surface area contributed by atoms with Gasteiger partial charge in [0.15, 0.2) is 0 Å². The van der Waals surface area contributed by atoms with Crippen LogP contribution in [-0.2, 0) is 5.41 Å². The average molecular weight is 266 g/mol. The first-order valence-corrected chi connectivity index (χ1v) is 7.51. The second-order valence-electron chi connectivity index (χ2n) is 5.97. The van der Waals surface area contributed by atoms with Gasteiger partial charge in [0.05, 0.1) is 0 Å². The maximum atomic E-state index is 2.26. The van der Waals surface area contributed by atoms with Crippen LogP contribution >= 0.6 is 11.3 Å². The highest BCUT2D eigenvalue weighted by Crippen LogP contribution is 2.34. The third kappa shape index (κ3) is 2.31. The molecule has 0 amide bonds. The number of fused-ring (bicyclic) bond motifs is 1. The fourth-order valence-electron chi connectivity index (χ4n) is 2.35. The molecule has 1 heteroatoms. The Morgan fingerprint density at radius 2 is 1.53 bits per heavy atom. The molecule has 19 heavy (non-hydrogen) atoms. The fraction of sp³-hybridized carbons (Fsp3) is 0.222. The van der Waals surface area contributed by atoms with Gasteiger partial charge in [-0.3, -0.25) is 0 Å². The standard InChI is InChI=1S/C18H18S/c1-18(2,3)14-10-8-13(9-11-14)16-12-19-17-7-5-4-6-15(16)17/h4-12H,1-3H3. The SMILES string of the molecule is CC(C)(C)c1ccc(-c2csc3ccccc23)cc1. The van der Waals surface area contributed by atoms with Crippen molar-refractivity contribution < 1.29 is 0 Å². The molecule has 3 aromatic rings. The van der Waals surface area contributed by atoms with Crippen molar-refractivity contribution in [3.05, 3.63) is 59.5 Å². The summed E-state index contributed by atoms with van der Waals surface area (Å²) in [6, 6.07) is 17.6. The van der Waals surface area contributed by atoms with Crippen molar-refractivity contribution in [3.8, 4) is 11.1 Å².